The first-order valence-electron chi connectivity index (χ1n) is 9.38. The van der Waals surface area contributed by atoms with Crippen LogP contribution in [0.15, 0.2) is 22.7 Å². The molecule has 8 heteroatoms. The summed E-state index contributed by atoms with van der Waals surface area (Å²) in [6.07, 6.45) is 2.81. The predicted octanol–water partition coefficient (Wildman–Crippen LogP) is 4.38. The summed E-state index contributed by atoms with van der Waals surface area (Å²) in [7, 11) is 0. The summed E-state index contributed by atoms with van der Waals surface area (Å²) in [5.41, 5.74) is 1.26. The number of amides is 2. The van der Waals surface area contributed by atoms with E-state index in [1.165, 1.54) is 12.1 Å². The molecule has 1 saturated carbocycles. The molecule has 0 atom stereocenters. The second-order valence-electron chi connectivity index (χ2n) is 8.15. The number of benzene rings is 1. The van der Waals surface area contributed by atoms with E-state index in [0.717, 1.165) is 24.1 Å². The van der Waals surface area contributed by atoms with Crippen molar-refractivity contribution in [3.8, 4) is 0 Å². The lowest BCUT2D eigenvalue weighted by atomic mass is 9.53. The second kappa shape index (κ2) is 6.74. The number of hydrogen-bond acceptors (Lipinski definition) is 4. The van der Waals surface area contributed by atoms with E-state index < -0.39 is 11.4 Å². The fourth-order valence-electron chi connectivity index (χ4n) is 4.42. The van der Waals surface area contributed by atoms with Gasteiger partial charge >= 0.3 is 6.03 Å². The molecule has 1 aromatic carbocycles. The van der Waals surface area contributed by atoms with E-state index in [2.05, 4.69) is 10.5 Å². The first kappa shape index (κ1) is 19.2. The van der Waals surface area contributed by atoms with Crippen LogP contribution in [0.1, 0.15) is 42.5 Å². The number of hydrogen-bond donors (Lipinski definition) is 2. The standard InChI is InChI=1S/C20H23ClFN3O3/c1-12-13(2)24-28-17(12)23-18(26)25-7-5-19(6-8-25)10-20(27,11-19)14-3-4-16(22)15(21)9-14/h3-4,9,27H,5-8,10-11H2,1-2H3,(H,23,26). The molecular formula is C20H23ClFN3O3. The number of anilines is 1. The van der Waals surface area contributed by atoms with Gasteiger partial charge in [-0.3, -0.25) is 5.32 Å². The highest BCUT2D eigenvalue weighted by Crippen LogP contribution is 2.59. The Kier molecular flexibility index (Phi) is 4.62. The number of nitrogens with zero attached hydrogens (tertiary/aromatic N) is 2. The average molecular weight is 408 g/mol. The minimum Gasteiger partial charge on any atom is -0.385 e. The Labute approximate surface area is 167 Å². The van der Waals surface area contributed by atoms with Crippen LogP contribution in [-0.2, 0) is 5.60 Å². The number of carbonyl (C=O) groups is 1. The van der Waals surface area contributed by atoms with Crippen LogP contribution in [0, 0.1) is 25.1 Å². The number of aliphatic hydroxyl groups is 1. The van der Waals surface area contributed by atoms with Gasteiger partial charge in [-0.1, -0.05) is 22.8 Å². The van der Waals surface area contributed by atoms with Gasteiger partial charge in [-0.05, 0) is 62.6 Å². The quantitative estimate of drug-likeness (QED) is 0.774. The first-order chi connectivity index (χ1) is 13.2. The molecule has 2 aromatic rings. The lowest BCUT2D eigenvalue weighted by Crippen LogP contribution is -2.55. The maximum atomic E-state index is 13.4. The summed E-state index contributed by atoms with van der Waals surface area (Å²) in [4.78, 5) is 14.3. The highest BCUT2D eigenvalue weighted by atomic mass is 35.5. The van der Waals surface area contributed by atoms with E-state index in [4.69, 9.17) is 16.1 Å². The highest BCUT2D eigenvalue weighted by molar-refractivity contribution is 6.30. The second-order valence-corrected chi connectivity index (χ2v) is 8.56. The van der Waals surface area contributed by atoms with Crippen molar-refractivity contribution in [1.82, 2.24) is 10.1 Å². The molecule has 1 spiro atoms. The number of likely N-dealkylation sites (tertiary alicyclic amines) is 1. The molecule has 2 aliphatic rings. The molecule has 1 aliphatic heterocycles. The number of nitrogens with one attached hydrogen (secondary N) is 1. The molecule has 28 heavy (non-hydrogen) atoms. The molecule has 0 radical (unpaired) electrons. The summed E-state index contributed by atoms with van der Waals surface area (Å²) >= 11 is 5.86. The van der Waals surface area contributed by atoms with Crippen molar-refractivity contribution in [2.75, 3.05) is 18.4 Å². The van der Waals surface area contributed by atoms with Crippen molar-refractivity contribution in [2.24, 2.45) is 5.41 Å². The Morgan fingerprint density at radius 2 is 2.00 bits per heavy atom. The van der Waals surface area contributed by atoms with Crippen molar-refractivity contribution in [3.63, 3.8) is 0 Å². The van der Waals surface area contributed by atoms with Gasteiger partial charge in [0.1, 0.15) is 5.82 Å². The van der Waals surface area contributed by atoms with Crippen LogP contribution in [0.5, 0.6) is 0 Å². The third-order valence-electron chi connectivity index (χ3n) is 6.28. The van der Waals surface area contributed by atoms with Gasteiger partial charge in [-0.15, -0.1) is 0 Å². The van der Waals surface area contributed by atoms with Crippen LogP contribution in [0.25, 0.3) is 0 Å². The number of aryl methyl sites for hydroxylation is 1. The first-order valence-corrected chi connectivity index (χ1v) is 9.76. The topological polar surface area (TPSA) is 78.6 Å². The van der Waals surface area contributed by atoms with Crippen LogP contribution in [-0.4, -0.2) is 34.3 Å². The molecule has 4 rings (SSSR count). The molecule has 0 bridgehead atoms. The van der Waals surface area contributed by atoms with Crippen LogP contribution < -0.4 is 5.32 Å². The molecule has 1 saturated heterocycles. The van der Waals surface area contributed by atoms with Gasteiger partial charge in [0.25, 0.3) is 0 Å². The van der Waals surface area contributed by atoms with Crippen LogP contribution in [0.3, 0.4) is 0 Å². The van der Waals surface area contributed by atoms with Crippen LogP contribution in [0.2, 0.25) is 5.02 Å². The molecule has 2 amide bonds. The van der Waals surface area contributed by atoms with Gasteiger partial charge in [0.2, 0.25) is 5.88 Å². The number of urea groups is 1. The predicted molar refractivity (Wildman–Crippen MR) is 103 cm³/mol. The van der Waals surface area contributed by atoms with Gasteiger partial charge in [0, 0.05) is 18.7 Å². The fraction of sp³-hybridized carbons (Fsp3) is 0.500. The zero-order valence-electron chi connectivity index (χ0n) is 15.9. The normalized spacial score (nSPS) is 20.1. The van der Waals surface area contributed by atoms with Crippen LogP contribution in [0.4, 0.5) is 15.1 Å². The lowest BCUT2D eigenvalue weighted by Gasteiger charge is -2.56. The van der Waals surface area contributed by atoms with E-state index in [1.54, 1.807) is 11.0 Å². The van der Waals surface area contributed by atoms with Crippen molar-refractivity contribution in [3.05, 3.63) is 45.9 Å². The summed E-state index contributed by atoms with van der Waals surface area (Å²) < 4.78 is 18.5. The fourth-order valence-corrected chi connectivity index (χ4v) is 4.61. The van der Waals surface area contributed by atoms with Gasteiger partial charge in [-0.25, -0.2) is 9.18 Å². The van der Waals surface area contributed by atoms with Crippen LogP contribution >= 0.6 is 11.6 Å². The monoisotopic (exact) mass is 407 g/mol. The molecule has 150 valence electrons. The highest BCUT2D eigenvalue weighted by Gasteiger charge is 2.55. The maximum Gasteiger partial charge on any atom is 0.324 e. The minimum atomic E-state index is -0.976. The summed E-state index contributed by atoms with van der Waals surface area (Å²) in [5.74, 6) is -0.103. The van der Waals surface area contributed by atoms with Crippen molar-refractivity contribution in [2.45, 2.75) is 45.1 Å². The van der Waals surface area contributed by atoms with E-state index in [-0.39, 0.29) is 16.5 Å². The molecule has 1 aliphatic carbocycles. The van der Waals surface area contributed by atoms with E-state index in [1.807, 2.05) is 13.8 Å². The zero-order valence-corrected chi connectivity index (χ0v) is 16.6. The van der Waals surface area contributed by atoms with Crippen molar-refractivity contribution >= 4 is 23.5 Å². The van der Waals surface area contributed by atoms with Gasteiger partial charge in [-0.2, -0.15) is 0 Å². The summed E-state index contributed by atoms with van der Waals surface area (Å²) in [5, 5.41) is 17.6. The lowest BCUT2D eigenvalue weighted by molar-refractivity contribution is -0.152. The Morgan fingerprint density at radius 1 is 1.32 bits per heavy atom. The molecule has 6 nitrogen and oxygen atoms in total. The Morgan fingerprint density at radius 3 is 2.57 bits per heavy atom. The third-order valence-corrected chi connectivity index (χ3v) is 6.57. The molecule has 2 fully saturated rings. The Balaban J connectivity index is 1.35. The molecule has 2 heterocycles. The number of aromatic nitrogens is 1. The largest absolute Gasteiger partial charge is 0.385 e. The van der Waals surface area contributed by atoms with E-state index in [0.29, 0.717) is 37.4 Å². The smallest absolute Gasteiger partial charge is 0.324 e. The van der Waals surface area contributed by atoms with Gasteiger partial charge < -0.3 is 14.5 Å². The maximum absolute atomic E-state index is 13.4. The Bertz CT molecular complexity index is 913. The molecule has 1 aromatic heterocycles. The van der Waals surface area contributed by atoms with Gasteiger partial charge in [0.15, 0.2) is 0 Å². The Hall–Kier alpha value is -2.12. The third kappa shape index (κ3) is 3.26. The van der Waals surface area contributed by atoms with E-state index in [9.17, 15) is 14.3 Å². The minimum absolute atomic E-state index is 0.00509. The van der Waals surface area contributed by atoms with Crippen molar-refractivity contribution in [1.29, 1.82) is 0 Å². The molecule has 0 unspecified atom stereocenters. The summed E-state index contributed by atoms with van der Waals surface area (Å²) in [6, 6.07) is 4.20. The number of halogens is 2. The number of rotatable bonds is 2. The number of carbonyl (C=O) groups excluding carboxylic acids is 1. The van der Waals surface area contributed by atoms with Gasteiger partial charge in [0.05, 0.1) is 16.3 Å². The molecule has 2 N–H and O–H groups in total. The molecular weight excluding hydrogens is 385 g/mol. The number of piperidine rings is 1. The zero-order chi connectivity index (χ0) is 20.1. The SMILES string of the molecule is Cc1noc(NC(=O)N2CCC3(CC2)CC(O)(c2ccc(F)c(Cl)c2)C3)c1C. The van der Waals surface area contributed by atoms with E-state index >= 15 is 0 Å². The van der Waals surface area contributed by atoms with Crippen molar-refractivity contribution < 1.29 is 18.8 Å². The average Bonchev–Trinajstić information content (AvgIpc) is 2.95. The summed E-state index contributed by atoms with van der Waals surface area (Å²) in [6.45, 7) is 4.89.